The second-order valence-corrected chi connectivity index (χ2v) is 4.40. The van der Waals surface area contributed by atoms with E-state index >= 15 is 0 Å². The van der Waals surface area contributed by atoms with Gasteiger partial charge in [0, 0.05) is 26.2 Å². The molecule has 0 spiro atoms. The Kier molecular flexibility index (Phi) is 3.28. The number of rotatable bonds is 2. The molecule has 0 aromatic heterocycles. The number of hydrogen-bond acceptors (Lipinski definition) is 4. The number of carbonyl (C=O) groups is 3. The van der Waals surface area contributed by atoms with Gasteiger partial charge in [-0.1, -0.05) is 0 Å². The summed E-state index contributed by atoms with van der Waals surface area (Å²) in [6.45, 7) is 3.04. The summed E-state index contributed by atoms with van der Waals surface area (Å²) < 4.78 is 0. The monoisotopic (exact) mass is 240 g/mol. The third-order valence-corrected chi connectivity index (χ3v) is 3.09. The maximum absolute atomic E-state index is 11.9. The summed E-state index contributed by atoms with van der Waals surface area (Å²) in [5.41, 5.74) is 0. The van der Waals surface area contributed by atoms with Crippen LogP contribution in [0.25, 0.3) is 0 Å². The minimum absolute atomic E-state index is 0.0429. The number of urea groups is 1. The van der Waals surface area contributed by atoms with E-state index in [0.717, 1.165) is 13.1 Å². The Morgan fingerprint density at radius 3 is 2.47 bits per heavy atom. The highest BCUT2D eigenvalue weighted by atomic mass is 16.2. The van der Waals surface area contributed by atoms with Crippen LogP contribution in [0.2, 0.25) is 0 Å². The Morgan fingerprint density at radius 2 is 1.94 bits per heavy atom. The van der Waals surface area contributed by atoms with Gasteiger partial charge >= 0.3 is 6.03 Å². The Hall–Kier alpha value is -1.63. The SMILES string of the molecule is CN1CCN(C(=O)CC2NC(=O)NC2=O)CC1. The molecule has 1 unspecified atom stereocenters. The lowest BCUT2D eigenvalue weighted by Crippen LogP contribution is -2.48. The fourth-order valence-corrected chi connectivity index (χ4v) is 1.96. The lowest BCUT2D eigenvalue weighted by atomic mass is 10.2. The number of amides is 4. The molecule has 2 fully saturated rings. The van der Waals surface area contributed by atoms with Gasteiger partial charge in [-0.3, -0.25) is 14.9 Å². The molecule has 2 N–H and O–H groups in total. The van der Waals surface area contributed by atoms with E-state index in [1.807, 2.05) is 7.05 Å². The van der Waals surface area contributed by atoms with E-state index in [0.29, 0.717) is 13.1 Å². The molecule has 17 heavy (non-hydrogen) atoms. The molecule has 2 aliphatic heterocycles. The lowest BCUT2D eigenvalue weighted by molar-refractivity contribution is -0.135. The first-order valence-electron chi connectivity index (χ1n) is 5.64. The molecule has 0 radical (unpaired) electrons. The Morgan fingerprint density at radius 1 is 1.29 bits per heavy atom. The summed E-state index contributed by atoms with van der Waals surface area (Å²) in [5, 5.41) is 4.54. The predicted molar refractivity (Wildman–Crippen MR) is 59.2 cm³/mol. The lowest BCUT2D eigenvalue weighted by Gasteiger charge is -2.32. The van der Waals surface area contributed by atoms with E-state index in [2.05, 4.69) is 15.5 Å². The molecule has 0 saturated carbocycles. The summed E-state index contributed by atoms with van der Waals surface area (Å²) >= 11 is 0. The molecule has 4 amide bonds. The highest BCUT2D eigenvalue weighted by Crippen LogP contribution is 2.06. The number of piperazine rings is 1. The molecule has 0 aliphatic carbocycles. The van der Waals surface area contributed by atoms with Crippen LogP contribution in [0.3, 0.4) is 0 Å². The third-order valence-electron chi connectivity index (χ3n) is 3.09. The number of nitrogens with one attached hydrogen (secondary N) is 2. The number of nitrogens with zero attached hydrogens (tertiary/aromatic N) is 2. The predicted octanol–water partition coefficient (Wildman–Crippen LogP) is -1.64. The molecule has 94 valence electrons. The van der Waals surface area contributed by atoms with Crippen molar-refractivity contribution in [1.29, 1.82) is 0 Å². The van der Waals surface area contributed by atoms with E-state index in [-0.39, 0.29) is 12.3 Å². The van der Waals surface area contributed by atoms with Gasteiger partial charge in [-0.25, -0.2) is 4.79 Å². The van der Waals surface area contributed by atoms with Crippen molar-refractivity contribution in [2.45, 2.75) is 12.5 Å². The molecule has 2 heterocycles. The fourth-order valence-electron chi connectivity index (χ4n) is 1.96. The zero-order valence-electron chi connectivity index (χ0n) is 9.73. The molecule has 0 aromatic rings. The van der Waals surface area contributed by atoms with Crippen LogP contribution in [-0.4, -0.2) is 66.9 Å². The Bertz CT molecular complexity index is 349. The molecule has 7 heteroatoms. The fraction of sp³-hybridized carbons (Fsp3) is 0.700. The Labute approximate surface area is 99.1 Å². The van der Waals surface area contributed by atoms with Gasteiger partial charge in [0.15, 0.2) is 0 Å². The highest BCUT2D eigenvalue weighted by Gasteiger charge is 2.33. The average molecular weight is 240 g/mol. The number of hydrogen-bond donors (Lipinski definition) is 2. The van der Waals surface area contributed by atoms with Crippen molar-refractivity contribution in [1.82, 2.24) is 20.4 Å². The molecular weight excluding hydrogens is 224 g/mol. The van der Waals surface area contributed by atoms with Crippen molar-refractivity contribution in [2.75, 3.05) is 33.2 Å². The van der Waals surface area contributed by atoms with Gasteiger partial charge in [0.05, 0.1) is 6.42 Å². The minimum Gasteiger partial charge on any atom is -0.340 e. The molecule has 1 atom stereocenters. The van der Waals surface area contributed by atoms with Crippen LogP contribution in [0, 0.1) is 0 Å². The van der Waals surface area contributed by atoms with E-state index in [1.54, 1.807) is 4.90 Å². The minimum atomic E-state index is -0.713. The second kappa shape index (κ2) is 4.70. The van der Waals surface area contributed by atoms with Crippen LogP contribution in [-0.2, 0) is 9.59 Å². The van der Waals surface area contributed by atoms with Gasteiger partial charge in [-0.15, -0.1) is 0 Å². The van der Waals surface area contributed by atoms with Crippen LogP contribution in [0.4, 0.5) is 4.79 Å². The maximum atomic E-state index is 11.9. The molecule has 0 aromatic carbocycles. The van der Waals surface area contributed by atoms with Crippen LogP contribution >= 0.6 is 0 Å². The van der Waals surface area contributed by atoms with Gasteiger partial charge in [0.1, 0.15) is 6.04 Å². The molecule has 2 saturated heterocycles. The van der Waals surface area contributed by atoms with Gasteiger partial charge in [-0.2, -0.15) is 0 Å². The summed E-state index contributed by atoms with van der Waals surface area (Å²) in [7, 11) is 2.01. The van der Waals surface area contributed by atoms with Crippen molar-refractivity contribution < 1.29 is 14.4 Å². The van der Waals surface area contributed by atoms with Crippen molar-refractivity contribution in [2.24, 2.45) is 0 Å². The maximum Gasteiger partial charge on any atom is 0.322 e. The van der Waals surface area contributed by atoms with Crippen LogP contribution < -0.4 is 10.6 Å². The van der Waals surface area contributed by atoms with Crippen LogP contribution in [0.15, 0.2) is 0 Å². The van der Waals surface area contributed by atoms with Gasteiger partial charge in [0.25, 0.3) is 5.91 Å². The molecular formula is C10H16N4O3. The molecule has 2 rings (SSSR count). The molecule has 0 bridgehead atoms. The number of likely N-dealkylation sites (N-methyl/N-ethyl adjacent to an activating group) is 1. The summed E-state index contributed by atoms with van der Waals surface area (Å²) in [4.78, 5) is 37.9. The third kappa shape index (κ3) is 2.73. The van der Waals surface area contributed by atoms with E-state index in [1.165, 1.54) is 0 Å². The smallest absolute Gasteiger partial charge is 0.322 e. The molecule has 7 nitrogen and oxygen atoms in total. The first-order chi connectivity index (χ1) is 8.06. The highest BCUT2D eigenvalue weighted by molar-refractivity contribution is 6.05. The van der Waals surface area contributed by atoms with Crippen molar-refractivity contribution in [3.8, 4) is 0 Å². The van der Waals surface area contributed by atoms with E-state index < -0.39 is 18.0 Å². The summed E-state index contributed by atoms with van der Waals surface area (Å²) in [6.07, 6.45) is 0.0429. The quantitative estimate of drug-likeness (QED) is 0.567. The Balaban J connectivity index is 1.85. The van der Waals surface area contributed by atoms with Crippen molar-refractivity contribution in [3.63, 3.8) is 0 Å². The van der Waals surface area contributed by atoms with Gasteiger partial charge in [-0.05, 0) is 7.05 Å². The molecule has 2 aliphatic rings. The van der Waals surface area contributed by atoms with Gasteiger partial charge in [0.2, 0.25) is 5.91 Å². The number of imide groups is 1. The van der Waals surface area contributed by atoms with E-state index in [9.17, 15) is 14.4 Å². The van der Waals surface area contributed by atoms with Crippen LogP contribution in [0.1, 0.15) is 6.42 Å². The largest absolute Gasteiger partial charge is 0.340 e. The van der Waals surface area contributed by atoms with Crippen molar-refractivity contribution in [3.05, 3.63) is 0 Å². The first-order valence-corrected chi connectivity index (χ1v) is 5.64. The standard InChI is InChI=1S/C10H16N4O3/c1-13-2-4-14(5-3-13)8(15)6-7-9(16)12-10(17)11-7/h7H,2-6H2,1H3,(H2,11,12,16,17). The topological polar surface area (TPSA) is 81.8 Å². The van der Waals surface area contributed by atoms with E-state index in [4.69, 9.17) is 0 Å². The summed E-state index contributed by atoms with van der Waals surface area (Å²) in [6, 6.07) is -1.24. The summed E-state index contributed by atoms with van der Waals surface area (Å²) in [5.74, 6) is -0.502. The van der Waals surface area contributed by atoms with Crippen LogP contribution in [0.5, 0.6) is 0 Å². The second-order valence-electron chi connectivity index (χ2n) is 4.40. The number of carbonyl (C=O) groups excluding carboxylic acids is 3. The van der Waals surface area contributed by atoms with Crippen molar-refractivity contribution >= 4 is 17.8 Å². The zero-order chi connectivity index (χ0) is 12.4. The normalized spacial score (nSPS) is 25.7. The first kappa shape index (κ1) is 11.8. The van der Waals surface area contributed by atoms with Gasteiger partial charge < -0.3 is 15.1 Å². The average Bonchev–Trinajstić information content (AvgIpc) is 2.58. The zero-order valence-corrected chi connectivity index (χ0v) is 9.73.